The normalized spacial score (nSPS) is 10.1. The molecule has 0 aromatic heterocycles. The van der Waals surface area contributed by atoms with Gasteiger partial charge in [-0.2, -0.15) is 0 Å². The number of aromatic carboxylic acids is 2. The van der Waals surface area contributed by atoms with Crippen LogP contribution in [0.15, 0.2) is 49.0 Å². The SMILES string of the molecule is C=Cc1ccc(Cc2cccc(C(=O)O)c2C(=O)O)cc1. The van der Waals surface area contributed by atoms with Crippen molar-refractivity contribution >= 4 is 18.0 Å². The van der Waals surface area contributed by atoms with Crippen LogP contribution in [0.3, 0.4) is 0 Å². The maximum absolute atomic E-state index is 11.4. The third-order valence-corrected chi connectivity index (χ3v) is 3.21. The van der Waals surface area contributed by atoms with E-state index >= 15 is 0 Å². The van der Waals surface area contributed by atoms with Crippen molar-refractivity contribution in [1.82, 2.24) is 0 Å². The standard InChI is InChI=1S/C17H14O4/c1-2-11-6-8-12(9-7-11)10-13-4-3-5-14(16(18)19)15(13)17(20)21/h2-9H,1,10H2,(H,18,19)(H,20,21). The molecule has 0 heterocycles. The number of carbonyl (C=O) groups is 2. The molecule has 0 saturated heterocycles. The second-order valence-electron chi connectivity index (χ2n) is 4.57. The first-order chi connectivity index (χ1) is 10.0. The Balaban J connectivity index is 2.43. The highest BCUT2D eigenvalue weighted by atomic mass is 16.4. The van der Waals surface area contributed by atoms with E-state index in [0.717, 1.165) is 11.1 Å². The van der Waals surface area contributed by atoms with Gasteiger partial charge in [0.25, 0.3) is 0 Å². The van der Waals surface area contributed by atoms with Gasteiger partial charge in [0.2, 0.25) is 0 Å². The van der Waals surface area contributed by atoms with Gasteiger partial charge in [-0.05, 0) is 29.2 Å². The Kier molecular flexibility index (Phi) is 4.18. The van der Waals surface area contributed by atoms with Crippen molar-refractivity contribution in [2.45, 2.75) is 6.42 Å². The number of carboxylic acids is 2. The molecule has 21 heavy (non-hydrogen) atoms. The van der Waals surface area contributed by atoms with E-state index in [4.69, 9.17) is 5.11 Å². The largest absolute Gasteiger partial charge is 0.478 e. The van der Waals surface area contributed by atoms with Crippen molar-refractivity contribution in [1.29, 1.82) is 0 Å². The van der Waals surface area contributed by atoms with Gasteiger partial charge < -0.3 is 10.2 Å². The smallest absolute Gasteiger partial charge is 0.336 e. The van der Waals surface area contributed by atoms with Crippen molar-refractivity contribution in [3.8, 4) is 0 Å². The van der Waals surface area contributed by atoms with E-state index < -0.39 is 11.9 Å². The minimum absolute atomic E-state index is 0.155. The third-order valence-electron chi connectivity index (χ3n) is 3.21. The van der Waals surface area contributed by atoms with Crippen LogP contribution in [0.4, 0.5) is 0 Å². The molecule has 0 aliphatic rings. The van der Waals surface area contributed by atoms with E-state index in [9.17, 15) is 14.7 Å². The number of carboxylic acid groups (broad SMARTS) is 2. The van der Waals surface area contributed by atoms with E-state index in [1.807, 2.05) is 24.3 Å². The van der Waals surface area contributed by atoms with Gasteiger partial charge in [0.15, 0.2) is 0 Å². The molecule has 0 aliphatic carbocycles. The molecule has 0 spiro atoms. The van der Waals surface area contributed by atoms with Crippen LogP contribution < -0.4 is 0 Å². The minimum atomic E-state index is -1.24. The lowest BCUT2D eigenvalue weighted by molar-refractivity contribution is 0.0650. The van der Waals surface area contributed by atoms with Gasteiger partial charge in [-0.1, -0.05) is 49.1 Å². The molecule has 106 valence electrons. The Morgan fingerprint density at radius 3 is 2.19 bits per heavy atom. The van der Waals surface area contributed by atoms with Crippen LogP contribution >= 0.6 is 0 Å². The molecule has 0 unspecified atom stereocenters. The number of rotatable bonds is 5. The maximum Gasteiger partial charge on any atom is 0.336 e. The molecular weight excluding hydrogens is 268 g/mol. The van der Waals surface area contributed by atoms with Crippen molar-refractivity contribution < 1.29 is 19.8 Å². The highest BCUT2D eigenvalue weighted by Crippen LogP contribution is 2.19. The highest BCUT2D eigenvalue weighted by Gasteiger charge is 2.19. The molecule has 0 fully saturated rings. The van der Waals surface area contributed by atoms with Crippen molar-refractivity contribution in [3.05, 3.63) is 76.9 Å². The zero-order valence-electron chi connectivity index (χ0n) is 11.2. The number of hydrogen-bond acceptors (Lipinski definition) is 2. The van der Waals surface area contributed by atoms with Crippen LogP contribution in [-0.4, -0.2) is 22.2 Å². The summed E-state index contributed by atoms with van der Waals surface area (Å²) in [5.41, 5.74) is 2.01. The van der Waals surface area contributed by atoms with E-state index in [2.05, 4.69) is 6.58 Å². The van der Waals surface area contributed by atoms with Crippen LogP contribution in [0.1, 0.15) is 37.4 Å². The van der Waals surface area contributed by atoms with Gasteiger partial charge in [0.1, 0.15) is 0 Å². The fourth-order valence-corrected chi connectivity index (χ4v) is 2.17. The van der Waals surface area contributed by atoms with Gasteiger partial charge in [-0.15, -0.1) is 0 Å². The number of benzene rings is 2. The molecule has 2 rings (SSSR count). The van der Waals surface area contributed by atoms with Gasteiger partial charge in [0, 0.05) is 0 Å². The minimum Gasteiger partial charge on any atom is -0.478 e. The van der Waals surface area contributed by atoms with Crippen molar-refractivity contribution in [2.75, 3.05) is 0 Å². The van der Waals surface area contributed by atoms with E-state index in [1.54, 1.807) is 18.2 Å². The summed E-state index contributed by atoms with van der Waals surface area (Å²) >= 11 is 0. The third kappa shape index (κ3) is 3.17. The molecule has 2 aromatic carbocycles. The summed E-state index contributed by atoms with van der Waals surface area (Å²) in [6.07, 6.45) is 2.08. The van der Waals surface area contributed by atoms with Gasteiger partial charge in [-0.25, -0.2) is 9.59 Å². The molecular formula is C17H14O4. The second kappa shape index (κ2) is 6.05. The van der Waals surface area contributed by atoms with Crippen molar-refractivity contribution in [3.63, 3.8) is 0 Å². The van der Waals surface area contributed by atoms with Gasteiger partial charge in [-0.3, -0.25) is 0 Å². The summed E-state index contributed by atoms with van der Waals surface area (Å²) in [5.74, 6) is -2.47. The predicted octanol–water partition coefficient (Wildman–Crippen LogP) is 3.32. The maximum atomic E-state index is 11.4. The Hall–Kier alpha value is -2.88. The fourth-order valence-electron chi connectivity index (χ4n) is 2.17. The lowest BCUT2D eigenvalue weighted by atomic mass is 9.95. The van der Waals surface area contributed by atoms with E-state index in [0.29, 0.717) is 12.0 Å². The Labute approximate surface area is 122 Å². The van der Waals surface area contributed by atoms with Crippen molar-refractivity contribution in [2.24, 2.45) is 0 Å². The zero-order valence-corrected chi connectivity index (χ0v) is 11.2. The van der Waals surface area contributed by atoms with Crippen LogP contribution in [-0.2, 0) is 6.42 Å². The van der Waals surface area contributed by atoms with Crippen LogP contribution in [0.25, 0.3) is 6.08 Å². The molecule has 2 aromatic rings. The average Bonchev–Trinajstić information content (AvgIpc) is 2.47. The first-order valence-corrected chi connectivity index (χ1v) is 6.32. The van der Waals surface area contributed by atoms with Crippen LogP contribution in [0.2, 0.25) is 0 Å². The van der Waals surface area contributed by atoms with Crippen LogP contribution in [0.5, 0.6) is 0 Å². The molecule has 0 radical (unpaired) electrons. The number of hydrogen-bond donors (Lipinski definition) is 2. The average molecular weight is 282 g/mol. The van der Waals surface area contributed by atoms with E-state index in [1.165, 1.54) is 6.07 Å². The Morgan fingerprint density at radius 2 is 1.67 bits per heavy atom. The molecule has 0 atom stereocenters. The first-order valence-electron chi connectivity index (χ1n) is 6.32. The lowest BCUT2D eigenvalue weighted by Crippen LogP contribution is -2.11. The molecule has 0 bridgehead atoms. The summed E-state index contributed by atoms with van der Waals surface area (Å²) < 4.78 is 0. The molecule has 2 N–H and O–H groups in total. The fraction of sp³-hybridized carbons (Fsp3) is 0.0588. The Bertz CT molecular complexity index is 699. The predicted molar refractivity (Wildman–Crippen MR) is 79.7 cm³/mol. The molecule has 4 nitrogen and oxygen atoms in total. The summed E-state index contributed by atoms with van der Waals surface area (Å²) in [4.78, 5) is 22.5. The first kappa shape index (κ1) is 14.5. The molecule has 4 heteroatoms. The zero-order chi connectivity index (χ0) is 15.4. The van der Waals surface area contributed by atoms with Crippen LogP contribution in [0, 0.1) is 0 Å². The summed E-state index contributed by atoms with van der Waals surface area (Å²) in [6.45, 7) is 3.67. The summed E-state index contributed by atoms with van der Waals surface area (Å²) in [7, 11) is 0. The van der Waals surface area contributed by atoms with Gasteiger partial charge >= 0.3 is 11.9 Å². The quantitative estimate of drug-likeness (QED) is 0.882. The lowest BCUT2D eigenvalue weighted by Gasteiger charge is -2.09. The molecule has 0 amide bonds. The van der Waals surface area contributed by atoms with Gasteiger partial charge in [0.05, 0.1) is 11.1 Å². The topological polar surface area (TPSA) is 74.6 Å². The molecule has 0 saturated carbocycles. The second-order valence-corrected chi connectivity index (χ2v) is 4.57. The van der Waals surface area contributed by atoms with E-state index in [-0.39, 0.29) is 11.1 Å². The monoisotopic (exact) mass is 282 g/mol. The highest BCUT2D eigenvalue weighted by molar-refractivity contribution is 6.02. The Morgan fingerprint density at radius 1 is 1.00 bits per heavy atom. The molecule has 0 aliphatic heterocycles. The summed E-state index contributed by atoms with van der Waals surface area (Å²) in [6, 6.07) is 12.0. The summed E-state index contributed by atoms with van der Waals surface area (Å²) in [5, 5.41) is 18.4.